The number of rotatable bonds is 0. The van der Waals surface area contributed by atoms with Crippen molar-refractivity contribution in [2.24, 2.45) is 0 Å². The van der Waals surface area contributed by atoms with Crippen LogP contribution in [0.5, 0.6) is 0 Å². The summed E-state index contributed by atoms with van der Waals surface area (Å²) in [6.07, 6.45) is 0. The van der Waals surface area contributed by atoms with Gasteiger partial charge in [0, 0.05) is 0 Å². The number of hydrogen-bond acceptors (Lipinski definition) is 0. The standard InChI is InChI=1S/C13H8/c1-9-5-4-8-12-10-6-2-3-7-11(10)13(9)12/h1-8H. The van der Waals surface area contributed by atoms with Gasteiger partial charge >= 0.3 is 0 Å². The second kappa shape index (κ2) is 2.23. The molecular weight excluding hydrogens is 156 g/mol. The van der Waals surface area contributed by atoms with E-state index in [9.17, 15) is 0 Å². The van der Waals surface area contributed by atoms with Crippen LogP contribution in [0, 0.1) is 6.92 Å². The van der Waals surface area contributed by atoms with Crippen molar-refractivity contribution in [3.63, 3.8) is 0 Å². The van der Waals surface area contributed by atoms with Crippen LogP contribution in [0.1, 0.15) is 5.56 Å². The van der Waals surface area contributed by atoms with Crippen LogP contribution < -0.4 is 0 Å². The van der Waals surface area contributed by atoms with Crippen LogP contribution in [-0.4, -0.2) is 0 Å². The van der Waals surface area contributed by atoms with Crippen LogP contribution in [0.4, 0.5) is 0 Å². The fourth-order valence-electron chi connectivity index (χ4n) is 1.97. The Hall–Kier alpha value is -1.56. The lowest BCUT2D eigenvalue weighted by Gasteiger charge is -2.25. The van der Waals surface area contributed by atoms with Gasteiger partial charge in [-0.05, 0) is 34.7 Å². The SMILES string of the molecule is [CH]c1cccc2c1-c1ccccc1-2. The lowest BCUT2D eigenvalue weighted by molar-refractivity contribution is 1.48. The molecule has 2 aromatic carbocycles. The Bertz CT molecular complexity index is 481. The average molecular weight is 164 g/mol. The second-order valence-electron chi connectivity index (χ2n) is 3.32. The fraction of sp³-hybridized carbons (Fsp3) is 0. The predicted molar refractivity (Wildman–Crippen MR) is 54.3 cm³/mol. The molecule has 0 nitrogen and oxygen atoms in total. The van der Waals surface area contributed by atoms with Crippen molar-refractivity contribution < 1.29 is 0 Å². The summed E-state index contributed by atoms with van der Waals surface area (Å²) in [6.45, 7) is 5.89. The van der Waals surface area contributed by atoms with Gasteiger partial charge < -0.3 is 0 Å². The highest BCUT2D eigenvalue weighted by atomic mass is 14.2. The van der Waals surface area contributed by atoms with Crippen molar-refractivity contribution in [1.82, 2.24) is 0 Å². The van der Waals surface area contributed by atoms with E-state index in [0.29, 0.717) is 0 Å². The summed E-state index contributed by atoms with van der Waals surface area (Å²) in [5.41, 5.74) is 6.00. The zero-order valence-corrected chi connectivity index (χ0v) is 7.12. The summed E-state index contributed by atoms with van der Waals surface area (Å²) in [4.78, 5) is 0. The van der Waals surface area contributed by atoms with Crippen LogP contribution in [0.2, 0.25) is 0 Å². The van der Waals surface area contributed by atoms with Gasteiger partial charge in [0.1, 0.15) is 0 Å². The van der Waals surface area contributed by atoms with Crippen molar-refractivity contribution in [3.05, 3.63) is 55.0 Å². The molecule has 13 heavy (non-hydrogen) atoms. The molecule has 60 valence electrons. The lowest BCUT2D eigenvalue weighted by Crippen LogP contribution is -1.99. The summed E-state index contributed by atoms with van der Waals surface area (Å²) < 4.78 is 0. The van der Waals surface area contributed by atoms with Gasteiger partial charge in [0.15, 0.2) is 0 Å². The molecule has 0 amide bonds. The Balaban J connectivity index is 2.35. The summed E-state index contributed by atoms with van der Waals surface area (Å²) in [5, 5.41) is 0. The van der Waals surface area contributed by atoms with E-state index in [1.807, 2.05) is 18.2 Å². The van der Waals surface area contributed by atoms with Crippen molar-refractivity contribution in [1.29, 1.82) is 0 Å². The first-order valence-corrected chi connectivity index (χ1v) is 4.36. The maximum Gasteiger partial charge on any atom is -0.000521 e. The largest absolute Gasteiger partial charge is 0.0616 e. The normalized spacial score (nSPS) is 11.5. The summed E-state index contributed by atoms with van der Waals surface area (Å²) in [5.74, 6) is 0. The Morgan fingerprint density at radius 3 is 2.23 bits per heavy atom. The Morgan fingerprint density at radius 2 is 1.38 bits per heavy atom. The van der Waals surface area contributed by atoms with E-state index in [4.69, 9.17) is 6.92 Å². The van der Waals surface area contributed by atoms with Crippen LogP contribution in [-0.2, 0) is 0 Å². The number of hydrogen-bond donors (Lipinski definition) is 0. The molecule has 0 fully saturated rings. The Kier molecular flexibility index (Phi) is 1.18. The molecule has 0 saturated carbocycles. The molecule has 0 bridgehead atoms. The van der Waals surface area contributed by atoms with E-state index in [2.05, 4.69) is 24.3 Å². The van der Waals surface area contributed by atoms with Gasteiger partial charge in [-0.2, -0.15) is 0 Å². The monoisotopic (exact) mass is 164 g/mol. The van der Waals surface area contributed by atoms with E-state index in [1.165, 1.54) is 22.3 Å². The van der Waals surface area contributed by atoms with Gasteiger partial charge in [0.25, 0.3) is 0 Å². The molecule has 0 heteroatoms. The van der Waals surface area contributed by atoms with Gasteiger partial charge in [-0.15, -0.1) is 0 Å². The molecule has 1 aliphatic carbocycles. The molecule has 0 heterocycles. The van der Waals surface area contributed by atoms with Gasteiger partial charge in [0.2, 0.25) is 0 Å². The molecule has 0 N–H and O–H groups in total. The predicted octanol–water partition coefficient (Wildman–Crippen LogP) is 3.39. The van der Waals surface area contributed by atoms with Gasteiger partial charge in [0.05, 0.1) is 0 Å². The van der Waals surface area contributed by atoms with Crippen molar-refractivity contribution in [2.75, 3.05) is 0 Å². The Labute approximate surface area is 77.8 Å². The van der Waals surface area contributed by atoms with Crippen molar-refractivity contribution >= 4 is 0 Å². The third kappa shape index (κ3) is 0.752. The third-order valence-electron chi connectivity index (χ3n) is 2.58. The molecule has 3 rings (SSSR count). The average Bonchev–Trinajstić information content (AvgIpc) is 2.14. The summed E-state index contributed by atoms with van der Waals surface area (Å²) in [6, 6.07) is 14.4. The van der Waals surface area contributed by atoms with Crippen LogP contribution in [0.3, 0.4) is 0 Å². The topological polar surface area (TPSA) is 0 Å². The molecule has 2 aromatic rings. The number of fused-ring (bicyclic) bond motifs is 4. The minimum absolute atomic E-state index is 0.885. The number of benzene rings is 2. The van der Waals surface area contributed by atoms with Crippen molar-refractivity contribution in [3.8, 4) is 22.3 Å². The Morgan fingerprint density at radius 1 is 0.692 bits per heavy atom. The first kappa shape index (κ1) is 6.90. The molecule has 2 radical (unpaired) electrons. The molecule has 0 aromatic heterocycles. The molecule has 0 unspecified atom stereocenters. The van der Waals surface area contributed by atoms with E-state index in [0.717, 1.165) is 5.56 Å². The van der Waals surface area contributed by atoms with E-state index < -0.39 is 0 Å². The quantitative estimate of drug-likeness (QED) is 0.477. The lowest BCUT2D eigenvalue weighted by atomic mass is 9.78. The first-order chi connectivity index (χ1) is 6.38. The first-order valence-electron chi connectivity index (χ1n) is 4.36. The molecule has 0 aliphatic heterocycles. The van der Waals surface area contributed by atoms with Crippen LogP contribution in [0.15, 0.2) is 42.5 Å². The summed E-state index contributed by atoms with van der Waals surface area (Å²) >= 11 is 0. The zero-order chi connectivity index (χ0) is 8.84. The minimum atomic E-state index is 0.885. The molecule has 1 aliphatic rings. The van der Waals surface area contributed by atoms with Crippen LogP contribution >= 0.6 is 0 Å². The zero-order valence-electron chi connectivity index (χ0n) is 7.12. The molecular formula is C13H8. The fourth-order valence-corrected chi connectivity index (χ4v) is 1.97. The van der Waals surface area contributed by atoms with Gasteiger partial charge in [-0.3, -0.25) is 0 Å². The van der Waals surface area contributed by atoms with Gasteiger partial charge in [-0.1, -0.05) is 42.5 Å². The molecule has 0 spiro atoms. The van der Waals surface area contributed by atoms with E-state index in [1.54, 1.807) is 0 Å². The molecule has 0 atom stereocenters. The highest BCUT2D eigenvalue weighted by molar-refractivity contribution is 6.03. The maximum atomic E-state index is 5.89. The third-order valence-corrected chi connectivity index (χ3v) is 2.58. The highest BCUT2D eigenvalue weighted by Crippen LogP contribution is 2.48. The minimum Gasteiger partial charge on any atom is -0.0616 e. The summed E-state index contributed by atoms with van der Waals surface area (Å²) in [7, 11) is 0. The van der Waals surface area contributed by atoms with Gasteiger partial charge in [-0.25, -0.2) is 0 Å². The van der Waals surface area contributed by atoms with Crippen molar-refractivity contribution in [2.45, 2.75) is 0 Å². The molecule has 0 saturated heterocycles. The highest BCUT2D eigenvalue weighted by Gasteiger charge is 2.22. The second-order valence-corrected chi connectivity index (χ2v) is 3.32. The van der Waals surface area contributed by atoms with E-state index >= 15 is 0 Å². The smallest absolute Gasteiger partial charge is 0.000521 e. The maximum absolute atomic E-state index is 5.89. The van der Waals surface area contributed by atoms with E-state index in [-0.39, 0.29) is 0 Å². The van der Waals surface area contributed by atoms with Crippen LogP contribution in [0.25, 0.3) is 22.3 Å².